The molecule has 0 saturated heterocycles. The topological polar surface area (TPSA) is 59.3 Å². The van der Waals surface area contributed by atoms with Crippen molar-refractivity contribution in [2.24, 2.45) is 0 Å². The molecule has 0 fully saturated rings. The molecule has 4 aromatic rings. The van der Waals surface area contributed by atoms with Crippen molar-refractivity contribution >= 4 is 17.4 Å². The van der Waals surface area contributed by atoms with Gasteiger partial charge in [0.2, 0.25) is 0 Å². The molecule has 1 amide bonds. The summed E-state index contributed by atoms with van der Waals surface area (Å²) in [4.78, 5) is 21.1. The number of imidazole rings is 1. The van der Waals surface area contributed by atoms with Crippen molar-refractivity contribution in [2.45, 2.75) is 6.92 Å². The largest absolute Gasteiger partial charge is 0.305 e. The predicted octanol–water partition coefficient (Wildman–Crippen LogP) is 3.96. The van der Waals surface area contributed by atoms with Crippen LogP contribution in [0.5, 0.6) is 0 Å². The Hall–Kier alpha value is -3.47. The molecule has 1 N–H and O–H groups in total. The number of nitrogens with zero attached hydrogens (tertiary/aromatic N) is 3. The highest BCUT2D eigenvalue weighted by Crippen LogP contribution is 2.19. The highest BCUT2D eigenvalue weighted by molar-refractivity contribution is 6.02. The van der Waals surface area contributed by atoms with Gasteiger partial charge in [-0.3, -0.25) is 4.79 Å². The first-order valence-corrected chi connectivity index (χ1v) is 7.98. The molecule has 3 heterocycles. The third-order valence-corrected chi connectivity index (χ3v) is 4.04. The minimum atomic E-state index is -0.275. The van der Waals surface area contributed by atoms with Crippen LogP contribution in [-0.2, 0) is 0 Å². The Morgan fingerprint density at radius 1 is 0.960 bits per heavy atom. The van der Waals surface area contributed by atoms with Crippen LogP contribution in [0, 0.1) is 6.92 Å². The molecule has 0 atom stereocenters. The molecular formula is C20H16N4O. The van der Waals surface area contributed by atoms with Crippen molar-refractivity contribution in [2.75, 3.05) is 5.32 Å². The minimum absolute atomic E-state index is 0.275. The predicted molar refractivity (Wildman–Crippen MR) is 97.6 cm³/mol. The van der Waals surface area contributed by atoms with E-state index in [1.165, 1.54) is 0 Å². The standard InChI is InChI=1S/C20H16N4O/c1-14-6-5-9-19-22-17(13-24(14)19)20(25)23-18-11-10-16(12-21-18)15-7-3-2-4-8-15/h2-13H,1H3,(H,21,23,25). The van der Waals surface area contributed by atoms with Gasteiger partial charge in [-0.1, -0.05) is 36.4 Å². The second kappa shape index (κ2) is 6.20. The Bertz CT molecular complexity index is 1040. The van der Waals surface area contributed by atoms with E-state index in [1.54, 1.807) is 18.5 Å². The van der Waals surface area contributed by atoms with Crippen LogP contribution in [0.3, 0.4) is 0 Å². The van der Waals surface area contributed by atoms with E-state index in [1.807, 2.05) is 65.9 Å². The van der Waals surface area contributed by atoms with Gasteiger partial charge in [0.25, 0.3) is 5.91 Å². The Morgan fingerprint density at radius 2 is 1.80 bits per heavy atom. The normalized spacial score (nSPS) is 10.8. The van der Waals surface area contributed by atoms with Crippen LogP contribution in [0.1, 0.15) is 16.2 Å². The van der Waals surface area contributed by atoms with E-state index in [-0.39, 0.29) is 5.91 Å². The van der Waals surface area contributed by atoms with Gasteiger partial charge in [0.05, 0.1) is 0 Å². The molecular weight excluding hydrogens is 312 g/mol. The van der Waals surface area contributed by atoms with Gasteiger partial charge >= 0.3 is 0 Å². The lowest BCUT2D eigenvalue weighted by atomic mass is 10.1. The van der Waals surface area contributed by atoms with Gasteiger partial charge in [0.1, 0.15) is 17.2 Å². The summed E-state index contributed by atoms with van der Waals surface area (Å²) in [5, 5.41) is 2.79. The number of hydrogen-bond acceptors (Lipinski definition) is 3. The van der Waals surface area contributed by atoms with Crippen molar-refractivity contribution in [3.8, 4) is 11.1 Å². The maximum absolute atomic E-state index is 12.4. The second-order valence-corrected chi connectivity index (χ2v) is 5.77. The fraction of sp³-hybridized carbons (Fsp3) is 0.0500. The summed E-state index contributed by atoms with van der Waals surface area (Å²) < 4.78 is 1.89. The number of pyridine rings is 2. The van der Waals surface area contributed by atoms with E-state index in [4.69, 9.17) is 0 Å². The van der Waals surface area contributed by atoms with Crippen LogP contribution < -0.4 is 5.32 Å². The molecule has 3 aromatic heterocycles. The molecule has 0 saturated carbocycles. The molecule has 0 aliphatic heterocycles. The smallest absolute Gasteiger partial charge is 0.277 e. The molecule has 0 unspecified atom stereocenters. The number of aromatic nitrogens is 3. The summed E-state index contributed by atoms with van der Waals surface area (Å²) in [7, 11) is 0. The Balaban J connectivity index is 1.55. The number of hydrogen-bond donors (Lipinski definition) is 1. The van der Waals surface area contributed by atoms with E-state index >= 15 is 0 Å². The molecule has 1 aromatic carbocycles. The van der Waals surface area contributed by atoms with Gasteiger partial charge in [-0.25, -0.2) is 9.97 Å². The maximum atomic E-state index is 12.4. The molecule has 5 heteroatoms. The minimum Gasteiger partial charge on any atom is -0.305 e. The molecule has 4 rings (SSSR count). The lowest BCUT2D eigenvalue weighted by Crippen LogP contribution is -2.13. The lowest BCUT2D eigenvalue weighted by Gasteiger charge is -2.04. The molecule has 0 radical (unpaired) electrons. The van der Waals surface area contributed by atoms with Crippen molar-refractivity contribution in [3.63, 3.8) is 0 Å². The molecule has 5 nitrogen and oxygen atoms in total. The van der Waals surface area contributed by atoms with Crippen LogP contribution in [0.25, 0.3) is 16.8 Å². The van der Waals surface area contributed by atoms with Crippen LogP contribution in [0.2, 0.25) is 0 Å². The fourth-order valence-corrected chi connectivity index (χ4v) is 2.71. The highest BCUT2D eigenvalue weighted by Gasteiger charge is 2.12. The Kier molecular flexibility index (Phi) is 3.74. The number of benzene rings is 1. The van der Waals surface area contributed by atoms with Gasteiger partial charge < -0.3 is 9.72 Å². The van der Waals surface area contributed by atoms with Gasteiger partial charge in [-0.15, -0.1) is 0 Å². The first-order chi connectivity index (χ1) is 12.2. The quantitative estimate of drug-likeness (QED) is 0.619. The number of fused-ring (bicyclic) bond motifs is 1. The maximum Gasteiger partial charge on any atom is 0.277 e. The fourth-order valence-electron chi connectivity index (χ4n) is 2.71. The van der Waals surface area contributed by atoms with Crippen LogP contribution >= 0.6 is 0 Å². The summed E-state index contributed by atoms with van der Waals surface area (Å²) in [5.41, 5.74) is 4.22. The van der Waals surface area contributed by atoms with Gasteiger partial charge in [0.15, 0.2) is 0 Å². The molecule has 0 spiro atoms. The van der Waals surface area contributed by atoms with Gasteiger partial charge in [0, 0.05) is 23.7 Å². The number of anilines is 1. The second-order valence-electron chi connectivity index (χ2n) is 5.77. The van der Waals surface area contributed by atoms with Crippen LogP contribution in [-0.4, -0.2) is 20.3 Å². The first kappa shape index (κ1) is 15.1. The number of aryl methyl sites for hydroxylation is 1. The van der Waals surface area contributed by atoms with Crippen molar-refractivity contribution in [3.05, 3.63) is 84.4 Å². The van der Waals surface area contributed by atoms with Gasteiger partial charge in [-0.2, -0.15) is 0 Å². The average molecular weight is 328 g/mol. The third-order valence-electron chi connectivity index (χ3n) is 4.04. The van der Waals surface area contributed by atoms with Gasteiger partial charge in [-0.05, 0) is 36.8 Å². The Morgan fingerprint density at radius 3 is 2.52 bits per heavy atom. The molecule has 122 valence electrons. The molecule has 0 aliphatic rings. The first-order valence-electron chi connectivity index (χ1n) is 7.98. The zero-order valence-corrected chi connectivity index (χ0v) is 13.7. The summed E-state index contributed by atoms with van der Waals surface area (Å²) in [6.07, 6.45) is 3.48. The van der Waals surface area contributed by atoms with Crippen molar-refractivity contribution < 1.29 is 4.79 Å². The van der Waals surface area contributed by atoms with E-state index in [2.05, 4.69) is 15.3 Å². The van der Waals surface area contributed by atoms with E-state index < -0.39 is 0 Å². The third kappa shape index (κ3) is 2.99. The summed E-state index contributed by atoms with van der Waals surface area (Å²) in [5.74, 6) is 0.224. The number of carbonyl (C=O) groups is 1. The van der Waals surface area contributed by atoms with Crippen molar-refractivity contribution in [1.82, 2.24) is 14.4 Å². The SMILES string of the molecule is Cc1cccc2nc(C(=O)Nc3ccc(-c4ccccc4)cn3)cn12. The van der Waals surface area contributed by atoms with E-state index in [0.717, 1.165) is 22.5 Å². The molecule has 0 bridgehead atoms. The zero-order valence-electron chi connectivity index (χ0n) is 13.7. The average Bonchev–Trinajstić information content (AvgIpc) is 3.09. The zero-order chi connectivity index (χ0) is 17.2. The van der Waals surface area contributed by atoms with Crippen LogP contribution in [0.4, 0.5) is 5.82 Å². The number of amides is 1. The summed E-state index contributed by atoms with van der Waals surface area (Å²) in [6, 6.07) is 19.5. The molecule has 0 aliphatic carbocycles. The van der Waals surface area contributed by atoms with E-state index in [0.29, 0.717) is 11.5 Å². The Labute approximate surface area is 145 Å². The van der Waals surface area contributed by atoms with E-state index in [9.17, 15) is 4.79 Å². The highest BCUT2D eigenvalue weighted by atomic mass is 16.2. The number of carbonyl (C=O) groups excluding carboxylic acids is 1. The lowest BCUT2D eigenvalue weighted by molar-refractivity contribution is 0.102. The molecule has 25 heavy (non-hydrogen) atoms. The summed E-state index contributed by atoms with van der Waals surface area (Å²) >= 11 is 0. The number of nitrogens with one attached hydrogen (secondary N) is 1. The van der Waals surface area contributed by atoms with Crippen LogP contribution in [0.15, 0.2) is 73.1 Å². The number of rotatable bonds is 3. The summed E-state index contributed by atoms with van der Waals surface area (Å²) in [6.45, 7) is 1.97. The monoisotopic (exact) mass is 328 g/mol. The van der Waals surface area contributed by atoms with Crippen molar-refractivity contribution in [1.29, 1.82) is 0 Å².